The minimum absolute atomic E-state index is 0.0897. The Morgan fingerprint density at radius 2 is 1.87 bits per heavy atom. The van der Waals surface area contributed by atoms with Crippen molar-refractivity contribution in [2.75, 3.05) is 23.9 Å². The number of rotatable bonds is 1. The topological polar surface area (TPSA) is 65.1 Å². The van der Waals surface area contributed by atoms with E-state index in [-0.39, 0.29) is 5.91 Å². The first-order chi connectivity index (χ1) is 11.2. The molecule has 1 amide bonds. The van der Waals surface area contributed by atoms with E-state index in [1.54, 1.807) is 30.3 Å². The summed E-state index contributed by atoms with van der Waals surface area (Å²) in [5, 5.41) is 0. The first kappa shape index (κ1) is 13.5. The van der Waals surface area contributed by atoms with Crippen LogP contribution in [0, 0.1) is 0 Å². The molecule has 6 heteroatoms. The first-order valence-corrected chi connectivity index (χ1v) is 7.28. The molecule has 0 radical (unpaired) electrons. The Morgan fingerprint density at radius 1 is 1.00 bits per heavy atom. The number of fused-ring (bicyclic) bond motifs is 2. The summed E-state index contributed by atoms with van der Waals surface area (Å²) in [5.41, 5.74) is 3.07. The third kappa shape index (κ3) is 1.99. The summed E-state index contributed by atoms with van der Waals surface area (Å²) in [7, 11) is 3.63. The van der Waals surface area contributed by atoms with Crippen LogP contribution in [0.2, 0.25) is 0 Å². The zero-order valence-corrected chi connectivity index (χ0v) is 12.8. The van der Waals surface area contributed by atoms with Gasteiger partial charge in [0.15, 0.2) is 5.82 Å². The minimum Gasteiger partial charge on any atom is -0.360 e. The van der Waals surface area contributed by atoms with Crippen molar-refractivity contribution in [3.63, 3.8) is 0 Å². The number of H-pyrrole nitrogens is 1. The summed E-state index contributed by atoms with van der Waals surface area (Å²) in [6, 6.07) is 11.3. The number of hydrogen-bond acceptors (Lipinski definition) is 4. The van der Waals surface area contributed by atoms with Gasteiger partial charge in [0, 0.05) is 26.5 Å². The van der Waals surface area contributed by atoms with Gasteiger partial charge in [-0.25, -0.2) is 9.97 Å². The smallest absolute Gasteiger partial charge is 0.261 e. The Hall–Kier alpha value is -3.15. The zero-order valence-electron chi connectivity index (χ0n) is 12.8. The van der Waals surface area contributed by atoms with E-state index >= 15 is 0 Å². The number of pyridine rings is 2. The van der Waals surface area contributed by atoms with E-state index in [2.05, 4.69) is 9.97 Å². The number of carbonyl (C=O) groups excluding carboxylic acids is 1. The molecule has 1 N–H and O–H groups in total. The maximum absolute atomic E-state index is 12.7. The van der Waals surface area contributed by atoms with Gasteiger partial charge < -0.3 is 14.8 Å². The van der Waals surface area contributed by atoms with Gasteiger partial charge in [0.05, 0.1) is 22.6 Å². The fourth-order valence-electron chi connectivity index (χ4n) is 2.81. The predicted molar refractivity (Wildman–Crippen MR) is 89.1 cm³/mol. The highest BCUT2D eigenvalue weighted by atomic mass is 16.2. The van der Waals surface area contributed by atoms with E-state index in [4.69, 9.17) is 4.98 Å². The molecular weight excluding hydrogens is 290 g/mol. The van der Waals surface area contributed by atoms with Crippen molar-refractivity contribution in [3.05, 3.63) is 54.4 Å². The molecule has 4 heterocycles. The Morgan fingerprint density at radius 3 is 2.65 bits per heavy atom. The van der Waals surface area contributed by atoms with Crippen molar-refractivity contribution >= 4 is 23.2 Å². The molecule has 0 fully saturated rings. The number of aromatic nitrogens is 3. The molecule has 3 aromatic rings. The predicted octanol–water partition coefficient (Wildman–Crippen LogP) is 2.83. The quantitative estimate of drug-likeness (QED) is 0.751. The lowest BCUT2D eigenvalue weighted by molar-refractivity contribution is 0.0994. The van der Waals surface area contributed by atoms with Crippen LogP contribution >= 0.6 is 0 Å². The fourth-order valence-corrected chi connectivity index (χ4v) is 2.81. The van der Waals surface area contributed by atoms with Gasteiger partial charge >= 0.3 is 0 Å². The Kier molecular flexibility index (Phi) is 2.90. The largest absolute Gasteiger partial charge is 0.360 e. The second-order valence-corrected chi connectivity index (χ2v) is 5.42. The molecule has 114 valence electrons. The van der Waals surface area contributed by atoms with Gasteiger partial charge in [-0.05, 0) is 36.4 Å². The van der Waals surface area contributed by atoms with Crippen molar-refractivity contribution < 1.29 is 4.79 Å². The Labute approximate surface area is 133 Å². The highest BCUT2D eigenvalue weighted by Gasteiger charge is 2.29. The van der Waals surface area contributed by atoms with Crippen LogP contribution < -0.4 is 9.80 Å². The van der Waals surface area contributed by atoms with Gasteiger partial charge in [-0.2, -0.15) is 0 Å². The molecule has 0 aromatic carbocycles. The summed E-state index contributed by atoms with van der Waals surface area (Å²) in [6.45, 7) is 0. The van der Waals surface area contributed by atoms with Gasteiger partial charge in [-0.15, -0.1) is 0 Å². The maximum atomic E-state index is 12.7. The molecule has 3 aromatic heterocycles. The standard InChI is InChI=1S/C17H15N5O/c1-21-14-8-7-13(12-6-4-9-18-12)20-16(14)22(2)15-11(17(21)23)5-3-10-19-15/h3-10,18H,1-2H3. The highest BCUT2D eigenvalue weighted by molar-refractivity contribution is 6.12. The second-order valence-electron chi connectivity index (χ2n) is 5.42. The minimum atomic E-state index is -0.0897. The normalized spacial score (nSPS) is 13.6. The Balaban J connectivity index is 1.94. The third-order valence-electron chi connectivity index (χ3n) is 4.05. The number of aromatic amines is 1. The summed E-state index contributed by atoms with van der Waals surface area (Å²) in [5.74, 6) is 1.22. The van der Waals surface area contributed by atoms with Gasteiger partial charge in [0.25, 0.3) is 5.91 Å². The highest BCUT2D eigenvalue weighted by Crippen LogP contribution is 2.37. The van der Waals surface area contributed by atoms with Gasteiger partial charge in [0.1, 0.15) is 5.82 Å². The monoisotopic (exact) mass is 305 g/mol. The van der Waals surface area contributed by atoms with E-state index in [1.165, 1.54) is 0 Å². The number of amides is 1. The summed E-state index contributed by atoms with van der Waals surface area (Å²) < 4.78 is 0. The number of carbonyl (C=O) groups is 1. The summed E-state index contributed by atoms with van der Waals surface area (Å²) in [4.78, 5) is 28.4. The number of nitrogens with zero attached hydrogens (tertiary/aromatic N) is 4. The van der Waals surface area contributed by atoms with E-state index in [1.807, 2.05) is 42.4 Å². The molecule has 0 spiro atoms. The second kappa shape index (κ2) is 4.95. The van der Waals surface area contributed by atoms with E-state index in [0.29, 0.717) is 17.2 Å². The van der Waals surface area contributed by atoms with Crippen molar-refractivity contribution in [1.29, 1.82) is 0 Å². The molecule has 0 unspecified atom stereocenters. The van der Waals surface area contributed by atoms with E-state index < -0.39 is 0 Å². The summed E-state index contributed by atoms with van der Waals surface area (Å²) in [6.07, 6.45) is 3.54. The fraction of sp³-hybridized carbons (Fsp3) is 0.118. The SMILES string of the molecule is CN1C(=O)c2cccnc2N(C)c2nc(-c3ccc[nH]3)ccc21. The van der Waals surface area contributed by atoms with Crippen LogP contribution in [0.1, 0.15) is 10.4 Å². The molecule has 1 aliphatic rings. The van der Waals surface area contributed by atoms with Crippen LogP contribution in [0.15, 0.2) is 48.8 Å². The van der Waals surface area contributed by atoms with Gasteiger partial charge in [-0.3, -0.25) is 4.79 Å². The molecule has 1 aliphatic heterocycles. The number of nitrogens with one attached hydrogen (secondary N) is 1. The molecule has 6 nitrogen and oxygen atoms in total. The van der Waals surface area contributed by atoms with Crippen LogP contribution in [-0.4, -0.2) is 35.0 Å². The van der Waals surface area contributed by atoms with Gasteiger partial charge in [0.2, 0.25) is 0 Å². The number of anilines is 3. The molecular formula is C17H15N5O. The lowest BCUT2D eigenvalue weighted by atomic mass is 10.2. The molecule has 0 atom stereocenters. The molecule has 0 saturated heterocycles. The van der Waals surface area contributed by atoms with Gasteiger partial charge in [-0.1, -0.05) is 0 Å². The molecule has 0 aliphatic carbocycles. The van der Waals surface area contributed by atoms with E-state index in [9.17, 15) is 4.79 Å². The molecule has 23 heavy (non-hydrogen) atoms. The van der Waals surface area contributed by atoms with Crippen molar-refractivity contribution in [2.24, 2.45) is 0 Å². The molecule has 4 rings (SSSR count). The van der Waals surface area contributed by atoms with Crippen molar-refractivity contribution in [3.8, 4) is 11.4 Å². The number of hydrogen-bond donors (Lipinski definition) is 1. The molecule has 0 saturated carbocycles. The van der Waals surface area contributed by atoms with E-state index in [0.717, 1.165) is 17.1 Å². The van der Waals surface area contributed by atoms with Crippen LogP contribution in [-0.2, 0) is 0 Å². The maximum Gasteiger partial charge on any atom is 0.261 e. The van der Waals surface area contributed by atoms with Crippen LogP contribution in [0.3, 0.4) is 0 Å². The lowest BCUT2D eigenvalue weighted by Gasteiger charge is -2.20. The Bertz CT molecular complexity index is 888. The van der Waals surface area contributed by atoms with Crippen LogP contribution in [0.5, 0.6) is 0 Å². The van der Waals surface area contributed by atoms with Crippen LogP contribution in [0.25, 0.3) is 11.4 Å². The zero-order chi connectivity index (χ0) is 16.0. The average Bonchev–Trinajstić information content (AvgIpc) is 3.11. The molecule has 0 bridgehead atoms. The average molecular weight is 305 g/mol. The van der Waals surface area contributed by atoms with Crippen LogP contribution in [0.4, 0.5) is 17.3 Å². The lowest BCUT2D eigenvalue weighted by Crippen LogP contribution is -2.25. The summed E-state index contributed by atoms with van der Waals surface area (Å²) >= 11 is 0. The third-order valence-corrected chi connectivity index (χ3v) is 4.05. The van der Waals surface area contributed by atoms with Crippen molar-refractivity contribution in [2.45, 2.75) is 0 Å². The van der Waals surface area contributed by atoms with Crippen molar-refractivity contribution in [1.82, 2.24) is 15.0 Å². The first-order valence-electron chi connectivity index (χ1n) is 7.28.